The molecule has 1 aliphatic rings. The van der Waals surface area contributed by atoms with E-state index in [2.05, 4.69) is 0 Å². The molecule has 1 saturated heterocycles. The first kappa shape index (κ1) is 15.2. The van der Waals surface area contributed by atoms with Crippen LogP contribution in [0.25, 0.3) is 0 Å². The summed E-state index contributed by atoms with van der Waals surface area (Å²) in [5.74, 6) is -0.342. The SMILES string of the molecule is O=C(c1ccccc1)c1ccc(N2CCOCC2)cc1[N+](=O)[O-]. The van der Waals surface area contributed by atoms with Gasteiger partial charge in [0.05, 0.1) is 18.1 Å². The summed E-state index contributed by atoms with van der Waals surface area (Å²) in [6, 6.07) is 13.4. The third-order valence-corrected chi connectivity index (χ3v) is 3.83. The van der Waals surface area contributed by atoms with E-state index in [9.17, 15) is 14.9 Å². The van der Waals surface area contributed by atoms with Crippen LogP contribution in [0.4, 0.5) is 11.4 Å². The van der Waals surface area contributed by atoms with Crippen molar-refractivity contribution in [1.29, 1.82) is 0 Å². The Labute approximate surface area is 133 Å². The first-order chi connectivity index (χ1) is 11.2. The number of hydrogen-bond acceptors (Lipinski definition) is 5. The first-order valence-corrected chi connectivity index (χ1v) is 7.38. The summed E-state index contributed by atoms with van der Waals surface area (Å²) in [6.45, 7) is 2.56. The predicted octanol–water partition coefficient (Wildman–Crippen LogP) is 2.66. The van der Waals surface area contributed by atoms with Gasteiger partial charge in [-0.05, 0) is 12.1 Å². The molecule has 0 unspecified atom stereocenters. The number of morpholine rings is 1. The molecule has 1 fully saturated rings. The summed E-state index contributed by atoms with van der Waals surface area (Å²) in [4.78, 5) is 25.4. The van der Waals surface area contributed by atoms with Crippen molar-refractivity contribution in [2.75, 3.05) is 31.2 Å². The van der Waals surface area contributed by atoms with E-state index >= 15 is 0 Å². The summed E-state index contributed by atoms with van der Waals surface area (Å²) in [5, 5.41) is 11.4. The van der Waals surface area contributed by atoms with Crippen molar-refractivity contribution in [3.63, 3.8) is 0 Å². The lowest BCUT2D eigenvalue weighted by Crippen LogP contribution is -2.36. The number of nitro groups is 1. The van der Waals surface area contributed by atoms with Crippen LogP contribution in [0, 0.1) is 10.1 Å². The average Bonchev–Trinajstić information content (AvgIpc) is 2.62. The summed E-state index contributed by atoms with van der Waals surface area (Å²) >= 11 is 0. The Hall–Kier alpha value is -2.73. The number of carbonyl (C=O) groups excluding carboxylic acids is 1. The molecule has 0 aromatic heterocycles. The standard InChI is InChI=1S/C17H16N2O4/c20-17(13-4-2-1-3-5-13)15-7-6-14(12-16(15)19(21)22)18-8-10-23-11-9-18/h1-7,12H,8-11H2. The van der Waals surface area contributed by atoms with Crippen molar-refractivity contribution >= 4 is 17.2 Å². The summed E-state index contributed by atoms with van der Waals surface area (Å²) in [6.07, 6.45) is 0. The predicted molar refractivity (Wildman–Crippen MR) is 86.0 cm³/mol. The summed E-state index contributed by atoms with van der Waals surface area (Å²) < 4.78 is 5.29. The fourth-order valence-electron chi connectivity index (χ4n) is 2.63. The molecule has 2 aromatic rings. The maximum atomic E-state index is 12.5. The van der Waals surface area contributed by atoms with Crippen LogP contribution in [-0.2, 0) is 4.74 Å². The Morgan fingerprint density at radius 3 is 2.43 bits per heavy atom. The summed E-state index contributed by atoms with van der Waals surface area (Å²) in [7, 11) is 0. The van der Waals surface area contributed by atoms with Gasteiger partial charge >= 0.3 is 0 Å². The van der Waals surface area contributed by atoms with Crippen LogP contribution < -0.4 is 4.90 Å². The van der Waals surface area contributed by atoms with Gasteiger partial charge in [-0.25, -0.2) is 0 Å². The van der Waals surface area contributed by atoms with E-state index in [4.69, 9.17) is 4.74 Å². The quantitative estimate of drug-likeness (QED) is 0.493. The highest BCUT2D eigenvalue weighted by Crippen LogP contribution is 2.28. The maximum Gasteiger partial charge on any atom is 0.282 e. The molecule has 3 rings (SSSR count). The third-order valence-electron chi connectivity index (χ3n) is 3.83. The Morgan fingerprint density at radius 2 is 1.78 bits per heavy atom. The molecule has 23 heavy (non-hydrogen) atoms. The number of benzene rings is 2. The average molecular weight is 312 g/mol. The second kappa shape index (κ2) is 6.58. The van der Waals surface area contributed by atoms with Crippen molar-refractivity contribution in [3.05, 3.63) is 69.8 Å². The van der Waals surface area contributed by atoms with Crippen molar-refractivity contribution in [2.24, 2.45) is 0 Å². The van der Waals surface area contributed by atoms with Crippen LogP contribution in [0.5, 0.6) is 0 Å². The van der Waals surface area contributed by atoms with Crippen LogP contribution in [0.3, 0.4) is 0 Å². The van der Waals surface area contributed by atoms with E-state index in [-0.39, 0.29) is 17.0 Å². The van der Waals surface area contributed by atoms with E-state index in [1.165, 1.54) is 12.1 Å². The van der Waals surface area contributed by atoms with Crippen LogP contribution in [0.1, 0.15) is 15.9 Å². The highest BCUT2D eigenvalue weighted by atomic mass is 16.6. The van der Waals surface area contributed by atoms with Gasteiger partial charge in [-0.2, -0.15) is 0 Å². The van der Waals surface area contributed by atoms with Gasteiger partial charge in [0, 0.05) is 30.4 Å². The Balaban J connectivity index is 1.97. The highest BCUT2D eigenvalue weighted by Gasteiger charge is 2.23. The van der Waals surface area contributed by atoms with Crippen LogP contribution >= 0.6 is 0 Å². The van der Waals surface area contributed by atoms with Crippen molar-refractivity contribution in [2.45, 2.75) is 0 Å². The zero-order valence-electron chi connectivity index (χ0n) is 12.5. The molecule has 0 aliphatic carbocycles. The highest BCUT2D eigenvalue weighted by molar-refractivity contribution is 6.11. The Bertz CT molecular complexity index is 725. The second-order valence-corrected chi connectivity index (χ2v) is 5.25. The fraction of sp³-hybridized carbons (Fsp3) is 0.235. The number of carbonyl (C=O) groups is 1. The maximum absolute atomic E-state index is 12.5. The number of hydrogen-bond donors (Lipinski definition) is 0. The number of nitro benzene ring substituents is 1. The van der Waals surface area contributed by atoms with Gasteiger partial charge in [0.15, 0.2) is 5.78 Å². The van der Waals surface area contributed by atoms with Gasteiger partial charge < -0.3 is 9.64 Å². The van der Waals surface area contributed by atoms with Crippen LogP contribution in [-0.4, -0.2) is 37.0 Å². The van der Waals surface area contributed by atoms with Gasteiger partial charge in [-0.1, -0.05) is 30.3 Å². The molecule has 0 spiro atoms. The van der Waals surface area contributed by atoms with Crippen LogP contribution in [0.15, 0.2) is 48.5 Å². The lowest BCUT2D eigenvalue weighted by molar-refractivity contribution is -0.385. The van der Waals surface area contributed by atoms with Gasteiger partial charge in [0.2, 0.25) is 0 Å². The number of nitrogens with zero attached hydrogens (tertiary/aromatic N) is 2. The van der Waals surface area contributed by atoms with E-state index < -0.39 is 4.92 Å². The van der Waals surface area contributed by atoms with E-state index in [1.807, 2.05) is 4.90 Å². The second-order valence-electron chi connectivity index (χ2n) is 5.25. The number of ether oxygens (including phenoxy) is 1. The first-order valence-electron chi connectivity index (χ1n) is 7.38. The topological polar surface area (TPSA) is 72.7 Å². The lowest BCUT2D eigenvalue weighted by atomic mass is 10.0. The number of ketones is 1. The minimum absolute atomic E-state index is 0.109. The van der Waals surface area contributed by atoms with E-state index in [1.54, 1.807) is 36.4 Å². The molecule has 0 amide bonds. The van der Waals surface area contributed by atoms with E-state index in [0.29, 0.717) is 31.9 Å². The van der Waals surface area contributed by atoms with Crippen molar-refractivity contribution in [3.8, 4) is 0 Å². The van der Waals surface area contributed by atoms with Crippen molar-refractivity contribution in [1.82, 2.24) is 0 Å². The normalized spacial score (nSPS) is 14.5. The number of rotatable bonds is 4. The van der Waals surface area contributed by atoms with Gasteiger partial charge in [-0.15, -0.1) is 0 Å². The lowest BCUT2D eigenvalue weighted by Gasteiger charge is -2.28. The van der Waals surface area contributed by atoms with Gasteiger partial charge in [0.25, 0.3) is 5.69 Å². The molecule has 0 N–H and O–H groups in total. The molecule has 0 saturated carbocycles. The minimum atomic E-state index is -0.500. The van der Waals surface area contributed by atoms with Crippen LogP contribution in [0.2, 0.25) is 0 Å². The zero-order valence-corrected chi connectivity index (χ0v) is 12.5. The summed E-state index contributed by atoms with van der Waals surface area (Å²) in [5.41, 5.74) is 1.13. The Kier molecular flexibility index (Phi) is 4.34. The molecule has 1 heterocycles. The molecular formula is C17H16N2O4. The molecule has 118 valence electrons. The zero-order chi connectivity index (χ0) is 16.2. The van der Waals surface area contributed by atoms with Gasteiger partial charge in [-0.3, -0.25) is 14.9 Å². The number of anilines is 1. The molecule has 6 nitrogen and oxygen atoms in total. The molecule has 6 heteroatoms. The third kappa shape index (κ3) is 3.22. The minimum Gasteiger partial charge on any atom is -0.378 e. The molecule has 0 radical (unpaired) electrons. The van der Waals surface area contributed by atoms with Gasteiger partial charge in [0.1, 0.15) is 5.56 Å². The fourth-order valence-corrected chi connectivity index (χ4v) is 2.63. The molecule has 0 bridgehead atoms. The smallest absolute Gasteiger partial charge is 0.282 e. The van der Waals surface area contributed by atoms with Crippen molar-refractivity contribution < 1.29 is 14.5 Å². The molecule has 2 aromatic carbocycles. The largest absolute Gasteiger partial charge is 0.378 e. The monoisotopic (exact) mass is 312 g/mol. The van der Waals surface area contributed by atoms with E-state index in [0.717, 1.165) is 5.69 Å². The molecular weight excluding hydrogens is 296 g/mol. The molecule has 1 aliphatic heterocycles. The Morgan fingerprint density at radius 1 is 1.09 bits per heavy atom. The molecule has 0 atom stereocenters.